The van der Waals surface area contributed by atoms with E-state index in [1.165, 1.54) is 18.2 Å². The average molecular weight is 237 g/mol. The van der Waals surface area contributed by atoms with Crippen LogP contribution in [0.4, 0.5) is 10.1 Å². The first-order valence-electron chi connectivity index (χ1n) is 5.29. The molecule has 1 aromatic carbocycles. The SMILES string of the molecule is Cc1cc(F)ccc1NC(=O)C1CC1C(=O)O. The molecule has 0 radical (unpaired) electrons. The maximum absolute atomic E-state index is 12.8. The smallest absolute Gasteiger partial charge is 0.307 e. The molecule has 0 heterocycles. The van der Waals surface area contributed by atoms with Crippen molar-refractivity contribution in [1.29, 1.82) is 0 Å². The van der Waals surface area contributed by atoms with Gasteiger partial charge in [-0.05, 0) is 37.1 Å². The molecule has 1 saturated carbocycles. The molecule has 4 nitrogen and oxygen atoms in total. The summed E-state index contributed by atoms with van der Waals surface area (Å²) >= 11 is 0. The fourth-order valence-electron chi connectivity index (χ4n) is 1.75. The van der Waals surface area contributed by atoms with Crippen molar-refractivity contribution in [2.24, 2.45) is 11.8 Å². The van der Waals surface area contributed by atoms with Gasteiger partial charge >= 0.3 is 5.97 Å². The van der Waals surface area contributed by atoms with Crippen molar-refractivity contribution in [1.82, 2.24) is 0 Å². The number of hydrogen-bond donors (Lipinski definition) is 2. The van der Waals surface area contributed by atoms with Gasteiger partial charge < -0.3 is 10.4 Å². The van der Waals surface area contributed by atoms with E-state index in [2.05, 4.69) is 5.32 Å². The van der Waals surface area contributed by atoms with Crippen LogP contribution in [0.2, 0.25) is 0 Å². The van der Waals surface area contributed by atoms with Gasteiger partial charge in [-0.3, -0.25) is 9.59 Å². The molecular formula is C12H12FNO3. The lowest BCUT2D eigenvalue weighted by atomic mass is 10.2. The van der Waals surface area contributed by atoms with E-state index in [0.717, 1.165) is 0 Å². The van der Waals surface area contributed by atoms with E-state index in [9.17, 15) is 14.0 Å². The lowest BCUT2D eigenvalue weighted by Crippen LogP contribution is -2.17. The van der Waals surface area contributed by atoms with Crippen LogP contribution in [-0.2, 0) is 9.59 Å². The van der Waals surface area contributed by atoms with Crippen molar-refractivity contribution in [3.05, 3.63) is 29.6 Å². The summed E-state index contributed by atoms with van der Waals surface area (Å²) in [6.07, 6.45) is 0.376. The molecule has 1 aliphatic rings. The van der Waals surface area contributed by atoms with Crippen LogP contribution in [0, 0.1) is 24.6 Å². The Morgan fingerprint density at radius 1 is 1.41 bits per heavy atom. The molecule has 5 heteroatoms. The molecule has 1 aromatic rings. The minimum atomic E-state index is -0.944. The minimum absolute atomic E-state index is 0.313. The minimum Gasteiger partial charge on any atom is -0.481 e. The van der Waals surface area contributed by atoms with Crippen LogP contribution in [0.25, 0.3) is 0 Å². The van der Waals surface area contributed by atoms with Gasteiger partial charge in [-0.1, -0.05) is 0 Å². The number of carboxylic acids is 1. The zero-order chi connectivity index (χ0) is 12.6. The van der Waals surface area contributed by atoms with Crippen LogP contribution in [0.5, 0.6) is 0 Å². The summed E-state index contributed by atoms with van der Waals surface area (Å²) in [4.78, 5) is 22.3. The maximum Gasteiger partial charge on any atom is 0.307 e. The predicted molar refractivity (Wildman–Crippen MR) is 59.0 cm³/mol. The lowest BCUT2D eigenvalue weighted by molar-refractivity contribution is -0.139. The molecular weight excluding hydrogens is 225 g/mol. The standard InChI is InChI=1S/C12H12FNO3/c1-6-4-7(13)2-3-10(6)14-11(15)8-5-9(8)12(16)17/h2-4,8-9H,5H2,1H3,(H,14,15)(H,16,17). The van der Waals surface area contributed by atoms with Crippen molar-refractivity contribution >= 4 is 17.6 Å². The Bertz CT molecular complexity index is 487. The van der Waals surface area contributed by atoms with Gasteiger partial charge in [-0.25, -0.2) is 4.39 Å². The number of carbonyl (C=O) groups is 2. The molecule has 0 aliphatic heterocycles. The van der Waals surface area contributed by atoms with Crippen LogP contribution in [-0.4, -0.2) is 17.0 Å². The average Bonchev–Trinajstić information content (AvgIpc) is 3.01. The summed E-state index contributed by atoms with van der Waals surface area (Å²) in [6, 6.07) is 4.04. The van der Waals surface area contributed by atoms with Crippen LogP contribution in [0.1, 0.15) is 12.0 Å². The van der Waals surface area contributed by atoms with Crippen molar-refractivity contribution < 1.29 is 19.1 Å². The molecule has 1 fully saturated rings. The van der Waals surface area contributed by atoms with E-state index >= 15 is 0 Å². The molecule has 0 spiro atoms. The highest BCUT2D eigenvalue weighted by molar-refractivity contribution is 5.98. The Kier molecular flexibility index (Phi) is 2.83. The molecule has 0 saturated heterocycles. The molecule has 2 unspecified atom stereocenters. The van der Waals surface area contributed by atoms with Gasteiger partial charge in [-0.2, -0.15) is 0 Å². The van der Waals surface area contributed by atoms with Crippen LogP contribution in [0.15, 0.2) is 18.2 Å². The predicted octanol–water partition coefficient (Wildman–Crippen LogP) is 1.79. The van der Waals surface area contributed by atoms with Crippen molar-refractivity contribution in [2.45, 2.75) is 13.3 Å². The summed E-state index contributed by atoms with van der Waals surface area (Å²) < 4.78 is 12.8. The van der Waals surface area contributed by atoms with Gasteiger partial charge in [0.25, 0.3) is 0 Å². The lowest BCUT2D eigenvalue weighted by Gasteiger charge is -2.07. The van der Waals surface area contributed by atoms with Crippen LogP contribution in [0.3, 0.4) is 0 Å². The summed E-state index contributed by atoms with van der Waals surface area (Å²) in [5.41, 5.74) is 1.14. The highest BCUT2D eigenvalue weighted by Crippen LogP contribution is 2.39. The zero-order valence-corrected chi connectivity index (χ0v) is 9.24. The second-order valence-electron chi connectivity index (χ2n) is 4.24. The number of anilines is 1. The second-order valence-corrected chi connectivity index (χ2v) is 4.24. The first-order chi connectivity index (χ1) is 7.99. The number of hydrogen-bond acceptors (Lipinski definition) is 2. The quantitative estimate of drug-likeness (QED) is 0.842. The fraction of sp³-hybridized carbons (Fsp3) is 0.333. The van der Waals surface area contributed by atoms with E-state index in [0.29, 0.717) is 17.7 Å². The van der Waals surface area contributed by atoms with Gasteiger partial charge in [0, 0.05) is 5.69 Å². The van der Waals surface area contributed by atoms with Gasteiger partial charge in [0.05, 0.1) is 11.8 Å². The number of aryl methyl sites for hydroxylation is 1. The van der Waals surface area contributed by atoms with Gasteiger partial charge in [0.15, 0.2) is 0 Å². The molecule has 0 bridgehead atoms. The van der Waals surface area contributed by atoms with E-state index in [1.807, 2.05) is 0 Å². The normalized spacial score (nSPS) is 22.0. The first kappa shape index (κ1) is 11.6. The largest absolute Gasteiger partial charge is 0.481 e. The number of carboxylic acid groups (broad SMARTS) is 1. The zero-order valence-electron chi connectivity index (χ0n) is 9.24. The Labute approximate surface area is 97.4 Å². The number of benzene rings is 1. The van der Waals surface area contributed by atoms with Gasteiger partial charge in [0.1, 0.15) is 5.82 Å². The molecule has 2 atom stereocenters. The molecule has 1 aliphatic carbocycles. The van der Waals surface area contributed by atoms with E-state index in [1.54, 1.807) is 6.92 Å². The maximum atomic E-state index is 12.8. The number of aliphatic carboxylic acids is 1. The summed E-state index contributed by atoms with van der Waals surface area (Å²) in [5, 5.41) is 11.3. The summed E-state index contributed by atoms with van der Waals surface area (Å²) in [5.74, 6) is -2.66. The Morgan fingerprint density at radius 2 is 2.12 bits per heavy atom. The summed E-state index contributed by atoms with van der Waals surface area (Å²) in [6.45, 7) is 1.68. The number of nitrogens with one attached hydrogen (secondary N) is 1. The highest BCUT2D eigenvalue weighted by atomic mass is 19.1. The van der Waals surface area contributed by atoms with E-state index in [4.69, 9.17) is 5.11 Å². The Balaban J connectivity index is 2.02. The number of halogens is 1. The number of amides is 1. The summed E-state index contributed by atoms with van der Waals surface area (Å²) in [7, 11) is 0. The van der Waals surface area contributed by atoms with E-state index in [-0.39, 0.29) is 11.7 Å². The van der Waals surface area contributed by atoms with E-state index < -0.39 is 17.8 Å². The van der Waals surface area contributed by atoms with Crippen LogP contribution >= 0.6 is 0 Å². The van der Waals surface area contributed by atoms with Crippen LogP contribution < -0.4 is 5.32 Å². The third-order valence-electron chi connectivity index (χ3n) is 2.89. The van der Waals surface area contributed by atoms with Crippen molar-refractivity contribution in [2.75, 3.05) is 5.32 Å². The highest BCUT2D eigenvalue weighted by Gasteiger charge is 2.48. The molecule has 17 heavy (non-hydrogen) atoms. The third-order valence-corrected chi connectivity index (χ3v) is 2.89. The monoisotopic (exact) mass is 237 g/mol. The van der Waals surface area contributed by atoms with Gasteiger partial charge in [0.2, 0.25) is 5.91 Å². The molecule has 1 amide bonds. The Hall–Kier alpha value is -1.91. The van der Waals surface area contributed by atoms with Gasteiger partial charge in [-0.15, -0.1) is 0 Å². The number of rotatable bonds is 3. The third kappa shape index (κ3) is 2.43. The fourth-order valence-corrected chi connectivity index (χ4v) is 1.75. The topological polar surface area (TPSA) is 66.4 Å². The Morgan fingerprint density at radius 3 is 2.65 bits per heavy atom. The molecule has 2 rings (SSSR count). The molecule has 0 aromatic heterocycles. The van der Waals surface area contributed by atoms with Crippen molar-refractivity contribution in [3.8, 4) is 0 Å². The van der Waals surface area contributed by atoms with Crippen molar-refractivity contribution in [3.63, 3.8) is 0 Å². The molecule has 90 valence electrons. The second kappa shape index (κ2) is 4.16. The molecule has 2 N–H and O–H groups in total. The first-order valence-corrected chi connectivity index (χ1v) is 5.29. The number of carbonyl (C=O) groups excluding carboxylic acids is 1.